The first kappa shape index (κ1) is 8.50. The van der Waals surface area contributed by atoms with E-state index in [4.69, 9.17) is 4.74 Å². The van der Waals surface area contributed by atoms with Gasteiger partial charge >= 0.3 is 0 Å². The second kappa shape index (κ2) is 3.33. The van der Waals surface area contributed by atoms with Crippen LogP contribution >= 0.6 is 11.3 Å². The van der Waals surface area contributed by atoms with Crippen LogP contribution in [-0.2, 0) is 0 Å². The summed E-state index contributed by atoms with van der Waals surface area (Å²) in [6.45, 7) is 0.624. The Morgan fingerprint density at radius 3 is 3.38 bits per heavy atom. The Balaban J connectivity index is 2.20. The van der Waals surface area contributed by atoms with Gasteiger partial charge in [0.2, 0.25) is 6.54 Å². The molecule has 0 spiro atoms. The first-order valence-corrected chi connectivity index (χ1v) is 4.97. The Labute approximate surface area is 79.3 Å². The van der Waals surface area contributed by atoms with E-state index in [1.807, 2.05) is 11.4 Å². The average molecular weight is 199 g/mol. The van der Waals surface area contributed by atoms with Gasteiger partial charge in [-0.1, -0.05) is 0 Å². The van der Waals surface area contributed by atoms with Crippen LogP contribution in [0.3, 0.4) is 0 Å². The molecule has 0 saturated carbocycles. The van der Waals surface area contributed by atoms with Gasteiger partial charge in [-0.2, -0.15) is 0 Å². The Bertz CT molecular complexity index is 323. The SMILES string of the molecule is O=[N+]([O-])CC1CCOc2sccc21. The zero-order valence-corrected chi connectivity index (χ0v) is 7.75. The van der Waals surface area contributed by atoms with Gasteiger partial charge in [0.05, 0.1) is 12.5 Å². The number of thiophene rings is 1. The number of rotatable bonds is 2. The standard InChI is InChI=1S/C8H9NO3S/c10-9(11)5-6-1-3-12-8-7(6)2-4-13-8/h2,4,6H,1,3,5H2. The van der Waals surface area contributed by atoms with Gasteiger partial charge < -0.3 is 4.74 Å². The minimum atomic E-state index is -0.253. The number of nitro groups is 1. The number of hydrogen-bond acceptors (Lipinski definition) is 4. The lowest BCUT2D eigenvalue weighted by atomic mass is 9.97. The molecule has 0 radical (unpaired) electrons. The molecule has 0 aromatic carbocycles. The summed E-state index contributed by atoms with van der Waals surface area (Å²) in [4.78, 5) is 10.1. The highest BCUT2D eigenvalue weighted by Gasteiger charge is 2.26. The first-order chi connectivity index (χ1) is 6.27. The zero-order chi connectivity index (χ0) is 9.26. The zero-order valence-electron chi connectivity index (χ0n) is 6.93. The molecule has 13 heavy (non-hydrogen) atoms. The Hall–Kier alpha value is -1.10. The van der Waals surface area contributed by atoms with E-state index in [-0.39, 0.29) is 17.4 Å². The summed E-state index contributed by atoms with van der Waals surface area (Å²) in [6, 6.07) is 1.92. The highest BCUT2D eigenvalue weighted by molar-refractivity contribution is 7.12. The van der Waals surface area contributed by atoms with Crippen LogP contribution in [0.1, 0.15) is 17.9 Å². The minimum Gasteiger partial charge on any atom is -0.484 e. The third-order valence-corrected chi connectivity index (χ3v) is 3.01. The van der Waals surface area contributed by atoms with Crippen LogP contribution in [0.5, 0.6) is 5.06 Å². The fourth-order valence-corrected chi connectivity index (χ4v) is 2.40. The van der Waals surface area contributed by atoms with E-state index in [0.717, 1.165) is 17.0 Å². The summed E-state index contributed by atoms with van der Waals surface area (Å²) < 4.78 is 5.37. The highest BCUT2D eigenvalue weighted by atomic mass is 32.1. The summed E-state index contributed by atoms with van der Waals surface area (Å²) >= 11 is 1.51. The van der Waals surface area contributed by atoms with Crippen molar-refractivity contribution in [3.05, 3.63) is 27.1 Å². The molecular weight excluding hydrogens is 190 g/mol. The molecule has 2 rings (SSSR count). The lowest BCUT2D eigenvalue weighted by Crippen LogP contribution is -2.19. The van der Waals surface area contributed by atoms with Crippen molar-refractivity contribution in [2.24, 2.45) is 0 Å². The van der Waals surface area contributed by atoms with Gasteiger partial charge in [-0.25, -0.2) is 0 Å². The van der Waals surface area contributed by atoms with Crippen molar-refractivity contribution in [1.29, 1.82) is 0 Å². The molecule has 0 amide bonds. The molecule has 0 saturated heterocycles. The summed E-state index contributed by atoms with van der Waals surface area (Å²) in [6.07, 6.45) is 0.755. The van der Waals surface area contributed by atoms with Crippen LogP contribution < -0.4 is 4.74 Å². The highest BCUT2D eigenvalue weighted by Crippen LogP contribution is 2.37. The van der Waals surface area contributed by atoms with Crippen LogP contribution in [0.15, 0.2) is 11.4 Å². The summed E-state index contributed by atoms with van der Waals surface area (Å²) in [5.41, 5.74) is 1.01. The maximum atomic E-state index is 10.4. The second-order valence-corrected chi connectivity index (χ2v) is 3.89. The normalized spacial score (nSPS) is 20.5. The third kappa shape index (κ3) is 1.65. The van der Waals surface area contributed by atoms with E-state index < -0.39 is 0 Å². The molecule has 4 nitrogen and oxygen atoms in total. The molecule has 5 heteroatoms. The van der Waals surface area contributed by atoms with Crippen LogP contribution in [0.2, 0.25) is 0 Å². The Morgan fingerprint density at radius 2 is 2.62 bits per heavy atom. The molecule has 70 valence electrons. The predicted octanol–water partition coefficient (Wildman–Crippen LogP) is 1.89. The van der Waals surface area contributed by atoms with Crippen molar-refractivity contribution in [3.63, 3.8) is 0 Å². The Kier molecular flexibility index (Phi) is 2.18. The average Bonchev–Trinajstić information content (AvgIpc) is 2.51. The van der Waals surface area contributed by atoms with E-state index in [1.54, 1.807) is 0 Å². The van der Waals surface area contributed by atoms with Gasteiger partial charge in [0, 0.05) is 10.5 Å². The summed E-state index contributed by atoms with van der Waals surface area (Å²) in [7, 11) is 0. The lowest BCUT2D eigenvalue weighted by Gasteiger charge is -2.19. The van der Waals surface area contributed by atoms with Gasteiger partial charge in [0.1, 0.15) is 0 Å². The Morgan fingerprint density at radius 1 is 1.77 bits per heavy atom. The lowest BCUT2D eigenvalue weighted by molar-refractivity contribution is -0.483. The van der Waals surface area contributed by atoms with Gasteiger partial charge in [-0.3, -0.25) is 10.1 Å². The van der Waals surface area contributed by atoms with Crippen molar-refractivity contribution < 1.29 is 9.66 Å². The smallest absolute Gasteiger partial charge is 0.210 e. The fourth-order valence-electron chi connectivity index (χ4n) is 1.54. The van der Waals surface area contributed by atoms with Crippen molar-refractivity contribution in [1.82, 2.24) is 0 Å². The maximum absolute atomic E-state index is 10.4. The van der Waals surface area contributed by atoms with E-state index >= 15 is 0 Å². The number of fused-ring (bicyclic) bond motifs is 1. The largest absolute Gasteiger partial charge is 0.484 e. The van der Waals surface area contributed by atoms with Crippen molar-refractivity contribution in [3.8, 4) is 5.06 Å². The first-order valence-electron chi connectivity index (χ1n) is 4.09. The van der Waals surface area contributed by atoms with Crippen molar-refractivity contribution >= 4 is 11.3 Å². The molecule has 1 aromatic rings. The van der Waals surface area contributed by atoms with Crippen LogP contribution in [0.4, 0.5) is 0 Å². The molecule has 2 heterocycles. The van der Waals surface area contributed by atoms with Crippen molar-refractivity contribution in [2.75, 3.05) is 13.2 Å². The number of ether oxygens (including phenoxy) is 1. The maximum Gasteiger partial charge on any atom is 0.210 e. The van der Waals surface area contributed by atoms with Crippen LogP contribution in [0.25, 0.3) is 0 Å². The second-order valence-electron chi connectivity index (χ2n) is 3.01. The molecule has 1 unspecified atom stereocenters. The van der Waals surface area contributed by atoms with E-state index in [0.29, 0.717) is 6.61 Å². The minimum absolute atomic E-state index is 0.0209. The molecular formula is C8H9NO3S. The number of hydrogen-bond donors (Lipinski definition) is 0. The van der Waals surface area contributed by atoms with E-state index in [2.05, 4.69) is 0 Å². The quantitative estimate of drug-likeness (QED) is 0.540. The summed E-state index contributed by atoms with van der Waals surface area (Å²) in [5.74, 6) is 0.0463. The fraction of sp³-hybridized carbons (Fsp3) is 0.500. The van der Waals surface area contributed by atoms with Crippen LogP contribution in [-0.4, -0.2) is 18.1 Å². The molecule has 0 bridgehead atoms. The molecule has 0 N–H and O–H groups in total. The van der Waals surface area contributed by atoms with E-state index in [9.17, 15) is 10.1 Å². The number of nitrogens with zero attached hydrogens (tertiary/aromatic N) is 1. The van der Waals surface area contributed by atoms with Crippen LogP contribution in [0, 0.1) is 10.1 Å². The topological polar surface area (TPSA) is 52.4 Å². The molecule has 0 aliphatic carbocycles. The van der Waals surface area contributed by atoms with Gasteiger partial charge in [-0.15, -0.1) is 11.3 Å². The molecule has 1 aliphatic heterocycles. The monoisotopic (exact) mass is 199 g/mol. The predicted molar refractivity (Wildman–Crippen MR) is 49.0 cm³/mol. The molecule has 1 aromatic heterocycles. The molecule has 0 fully saturated rings. The van der Waals surface area contributed by atoms with Crippen molar-refractivity contribution in [2.45, 2.75) is 12.3 Å². The van der Waals surface area contributed by atoms with Gasteiger partial charge in [0.25, 0.3) is 0 Å². The van der Waals surface area contributed by atoms with E-state index in [1.165, 1.54) is 11.3 Å². The van der Waals surface area contributed by atoms with Gasteiger partial charge in [0.15, 0.2) is 5.06 Å². The molecule has 1 aliphatic rings. The van der Waals surface area contributed by atoms with Gasteiger partial charge in [-0.05, 0) is 17.9 Å². The third-order valence-electron chi connectivity index (χ3n) is 2.17. The molecule has 1 atom stereocenters. The summed E-state index contributed by atoms with van der Waals surface area (Å²) in [5, 5.41) is 13.1.